The van der Waals surface area contributed by atoms with Crippen molar-refractivity contribution in [1.82, 2.24) is 9.21 Å². The minimum atomic E-state index is -3.56. The molecule has 1 heterocycles. The van der Waals surface area contributed by atoms with Crippen LogP contribution in [0.1, 0.15) is 24.0 Å². The summed E-state index contributed by atoms with van der Waals surface area (Å²) >= 11 is 0. The number of sulfonamides is 1. The van der Waals surface area contributed by atoms with E-state index in [-0.39, 0.29) is 24.8 Å². The number of carbonyl (C=O) groups is 1. The van der Waals surface area contributed by atoms with Gasteiger partial charge in [-0.3, -0.25) is 4.79 Å². The smallest absolute Gasteiger partial charge is 0.243 e. The van der Waals surface area contributed by atoms with E-state index in [2.05, 4.69) is 0 Å². The van der Waals surface area contributed by atoms with Crippen LogP contribution < -0.4 is 4.74 Å². The summed E-state index contributed by atoms with van der Waals surface area (Å²) in [7, 11) is -3.56. The molecule has 0 saturated carbocycles. The van der Waals surface area contributed by atoms with E-state index in [1.165, 1.54) is 16.4 Å². The van der Waals surface area contributed by atoms with Crippen LogP contribution in [0.3, 0.4) is 0 Å². The molecule has 0 N–H and O–H groups in total. The summed E-state index contributed by atoms with van der Waals surface area (Å²) < 4.78 is 45.8. The molecule has 2 aromatic carbocycles. The highest BCUT2D eigenvalue weighted by Crippen LogP contribution is 2.21. The number of benzene rings is 2. The van der Waals surface area contributed by atoms with Gasteiger partial charge in [0, 0.05) is 38.7 Å². The third-order valence-corrected chi connectivity index (χ3v) is 7.20. The van der Waals surface area contributed by atoms with Gasteiger partial charge < -0.3 is 9.64 Å². The molecule has 1 aliphatic rings. The van der Waals surface area contributed by atoms with Crippen molar-refractivity contribution < 1.29 is 22.3 Å². The standard InChI is InChI=1S/C22H27FN2O4S/c1-17-8-9-21(15-18(17)2)30(27,28)25-12-10-24(11-13-25)22(26)7-4-14-29-20-6-3-5-19(23)16-20/h3,5-6,8-9,15-16H,4,7,10-14H2,1-2H3. The van der Waals surface area contributed by atoms with Gasteiger partial charge in [0.1, 0.15) is 11.6 Å². The van der Waals surface area contributed by atoms with E-state index in [1.807, 2.05) is 19.9 Å². The second kappa shape index (κ2) is 9.57. The van der Waals surface area contributed by atoms with Crippen molar-refractivity contribution in [1.29, 1.82) is 0 Å². The van der Waals surface area contributed by atoms with Crippen molar-refractivity contribution in [2.75, 3.05) is 32.8 Å². The molecule has 0 radical (unpaired) electrons. The Morgan fingerprint density at radius 3 is 2.43 bits per heavy atom. The Balaban J connectivity index is 1.46. The largest absolute Gasteiger partial charge is 0.493 e. The molecule has 1 saturated heterocycles. The minimum Gasteiger partial charge on any atom is -0.493 e. The molecule has 6 nitrogen and oxygen atoms in total. The Hall–Kier alpha value is -2.45. The topological polar surface area (TPSA) is 66.9 Å². The van der Waals surface area contributed by atoms with Crippen molar-refractivity contribution in [3.8, 4) is 5.75 Å². The Morgan fingerprint density at radius 1 is 1.03 bits per heavy atom. The zero-order chi connectivity index (χ0) is 21.7. The normalized spacial score (nSPS) is 15.2. The van der Waals surface area contributed by atoms with E-state index < -0.39 is 10.0 Å². The van der Waals surface area contributed by atoms with E-state index in [1.54, 1.807) is 29.2 Å². The van der Waals surface area contributed by atoms with Crippen molar-refractivity contribution in [2.45, 2.75) is 31.6 Å². The first-order valence-corrected chi connectivity index (χ1v) is 11.4. The Morgan fingerprint density at radius 2 is 1.77 bits per heavy atom. The maximum Gasteiger partial charge on any atom is 0.243 e. The molecule has 30 heavy (non-hydrogen) atoms. The number of piperazine rings is 1. The number of hydrogen-bond donors (Lipinski definition) is 0. The fourth-order valence-corrected chi connectivity index (χ4v) is 4.84. The van der Waals surface area contributed by atoms with Crippen molar-refractivity contribution >= 4 is 15.9 Å². The lowest BCUT2D eigenvalue weighted by Gasteiger charge is -2.34. The first-order valence-electron chi connectivity index (χ1n) is 10.0. The third-order valence-electron chi connectivity index (χ3n) is 5.31. The molecular formula is C22H27FN2O4S. The third kappa shape index (κ3) is 5.37. The van der Waals surface area contributed by atoms with Crippen LogP contribution in [0.15, 0.2) is 47.4 Å². The molecule has 0 bridgehead atoms. The highest BCUT2D eigenvalue weighted by atomic mass is 32.2. The molecule has 1 aliphatic heterocycles. The van der Waals surface area contributed by atoms with Crippen LogP contribution in [-0.2, 0) is 14.8 Å². The first kappa shape index (κ1) is 22.2. The number of amides is 1. The van der Waals surface area contributed by atoms with E-state index in [4.69, 9.17) is 4.74 Å². The summed E-state index contributed by atoms with van der Waals surface area (Å²) in [6.07, 6.45) is 0.815. The van der Waals surface area contributed by atoms with Crippen LogP contribution in [0.25, 0.3) is 0 Å². The lowest BCUT2D eigenvalue weighted by atomic mass is 10.1. The summed E-state index contributed by atoms with van der Waals surface area (Å²) in [6.45, 7) is 5.45. The van der Waals surface area contributed by atoms with Gasteiger partial charge >= 0.3 is 0 Å². The number of aryl methyl sites for hydroxylation is 2. The maximum atomic E-state index is 13.1. The molecular weight excluding hydrogens is 407 g/mol. The lowest BCUT2D eigenvalue weighted by molar-refractivity contribution is -0.132. The van der Waals surface area contributed by atoms with Crippen molar-refractivity contribution in [3.63, 3.8) is 0 Å². The summed E-state index contributed by atoms with van der Waals surface area (Å²) in [5.74, 6) is 0.0471. The van der Waals surface area contributed by atoms with Gasteiger partial charge in [-0.25, -0.2) is 12.8 Å². The number of hydrogen-bond acceptors (Lipinski definition) is 4. The number of carbonyl (C=O) groups excluding carboxylic acids is 1. The molecule has 0 unspecified atom stereocenters. The second-order valence-corrected chi connectivity index (χ2v) is 9.38. The van der Waals surface area contributed by atoms with Gasteiger partial charge in [0.25, 0.3) is 0 Å². The molecule has 1 amide bonds. The van der Waals surface area contributed by atoms with E-state index in [0.717, 1.165) is 11.1 Å². The molecule has 0 aromatic heterocycles. The lowest BCUT2D eigenvalue weighted by Crippen LogP contribution is -2.50. The quantitative estimate of drug-likeness (QED) is 0.628. The highest BCUT2D eigenvalue weighted by molar-refractivity contribution is 7.89. The van der Waals surface area contributed by atoms with Gasteiger partial charge in [-0.2, -0.15) is 4.31 Å². The SMILES string of the molecule is Cc1ccc(S(=O)(=O)N2CCN(C(=O)CCCOc3cccc(F)c3)CC2)cc1C. The van der Waals surface area contributed by atoms with Crippen molar-refractivity contribution in [3.05, 3.63) is 59.4 Å². The molecule has 2 aromatic rings. The molecule has 0 aliphatic carbocycles. The zero-order valence-electron chi connectivity index (χ0n) is 17.3. The van der Waals surface area contributed by atoms with E-state index in [0.29, 0.717) is 43.2 Å². The highest BCUT2D eigenvalue weighted by Gasteiger charge is 2.30. The monoisotopic (exact) mass is 434 g/mol. The average Bonchev–Trinajstić information content (AvgIpc) is 2.73. The van der Waals surface area contributed by atoms with E-state index in [9.17, 15) is 17.6 Å². The van der Waals surface area contributed by atoms with Gasteiger partial charge in [-0.15, -0.1) is 0 Å². The molecule has 8 heteroatoms. The second-order valence-electron chi connectivity index (χ2n) is 7.44. The fraction of sp³-hybridized carbons (Fsp3) is 0.409. The first-order chi connectivity index (χ1) is 14.3. The van der Waals surface area contributed by atoms with Crippen LogP contribution in [0.5, 0.6) is 5.75 Å². The van der Waals surface area contributed by atoms with Gasteiger partial charge in [-0.1, -0.05) is 12.1 Å². The number of rotatable bonds is 7. The van der Waals surface area contributed by atoms with Gasteiger partial charge in [0.15, 0.2) is 0 Å². The maximum absolute atomic E-state index is 13.1. The van der Waals surface area contributed by atoms with Gasteiger partial charge in [0.05, 0.1) is 11.5 Å². The predicted octanol–water partition coefficient (Wildman–Crippen LogP) is 3.13. The molecule has 3 rings (SSSR count). The van der Waals surface area contributed by atoms with Gasteiger partial charge in [-0.05, 0) is 55.7 Å². The van der Waals surface area contributed by atoms with Crippen LogP contribution in [-0.4, -0.2) is 56.3 Å². The Labute approximate surface area is 177 Å². The van der Waals surface area contributed by atoms with Crippen LogP contribution in [0.2, 0.25) is 0 Å². The van der Waals surface area contributed by atoms with Crippen molar-refractivity contribution in [2.24, 2.45) is 0 Å². The molecule has 0 spiro atoms. The van der Waals surface area contributed by atoms with Crippen LogP contribution >= 0.6 is 0 Å². The fourth-order valence-electron chi connectivity index (χ4n) is 3.33. The summed E-state index contributed by atoms with van der Waals surface area (Å²) in [5.41, 5.74) is 1.98. The average molecular weight is 435 g/mol. The Kier molecular flexibility index (Phi) is 7.10. The Bertz CT molecular complexity index is 1000. The summed E-state index contributed by atoms with van der Waals surface area (Å²) in [5, 5.41) is 0. The van der Waals surface area contributed by atoms with Crippen LogP contribution in [0, 0.1) is 19.7 Å². The van der Waals surface area contributed by atoms with E-state index >= 15 is 0 Å². The van der Waals surface area contributed by atoms with Crippen LogP contribution in [0.4, 0.5) is 4.39 Å². The minimum absolute atomic E-state index is 0.0268. The number of halogens is 1. The number of ether oxygens (including phenoxy) is 1. The summed E-state index contributed by atoms with van der Waals surface area (Å²) in [6, 6.07) is 11.0. The number of nitrogens with zero attached hydrogens (tertiary/aromatic N) is 2. The van der Waals surface area contributed by atoms with Gasteiger partial charge in [0.2, 0.25) is 15.9 Å². The summed E-state index contributed by atoms with van der Waals surface area (Å²) in [4.78, 5) is 14.4. The molecule has 1 fully saturated rings. The predicted molar refractivity (Wildman–Crippen MR) is 112 cm³/mol. The molecule has 0 atom stereocenters. The molecule has 162 valence electrons. The zero-order valence-corrected chi connectivity index (χ0v) is 18.1.